The first-order valence-corrected chi connectivity index (χ1v) is 4.21. The van der Waals surface area contributed by atoms with Gasteiger partial charge in [0.1, 0.15) is 11.9 Å². The van der Waals surface area contributed by atoms with Crippen molar-refractivity contribution in [1.82, 2.24) is 10.1 Å². The third-order valence-electron chi connectivity index (χ3n) is 1.86. The highest BCUT2D eigenvalue weighted by molar-refractivity contribution is 5.56. The van der Waals surface area contributed by atoms with Gasteiger partial charge in [0.05, 0.1) is 5.56 Å². The molecule has 74 valence electrons. The Hall–Kier alpha value is -2.22. The van der Waals surface area contributed by atoms with Crippen molar-refractivity contribution in [3.05, 3.63) is 35.4 Å². The minimum Gasteiger partial charge on any atom is -0.334 e. The number of hydrogen-bond acceptors (Lipinski definition) is 4. The molecule has 0 saturated heterocycles. The second kappa shape index (κ2) is 3.50. The Morgan fingerprint density at radius 2 is 2.27 bits per heavy atom. The van der Waals surface area contributed by atoms with Crippen molar-refractivity contribution >= 4 is 0 Å². The zero-order valence-corrected chi connectivity index (χ0v) is 7.86. The van der Waals surface area contributed by atoms with Crippen LogP contribution in [0.3, 0.4) is 0 Å². The minimum atomic E-state index is -0.558. The van der Waals surface area contributed by atoms with E-state index in [-0.39, 0.29) is 11.5 Å². The molecule has 0 aliphatic carbocycles. The van der Waals surface area contributed by atoms with Crippen molar-refractivity contribution in [2.75, 3.05) is 0 Å². The third-order valence-corrected chi connectivity index (χ3v) is 1.86. The normalized spacial score (nSPS) is 9.93. The summed E-state index contributed by atoms with van der Waals surface area (Å²) < 4.78 is 17.9. The fourth-order valence-electron chi connectivity index (χ4n) is 1.16. The summed E-state index contributed by atoms with van der Waals surface area (Å²) in [6, 6.07) is 5.82. The molecule has 0 bridgehead atoms. The van der Waals surface area contributed by atoms with Gasteiger partial charge in [0.15, 0.2) is 5.82 Å². The van der Waals surface area contributed by atoms with Crippen LogP contribution in [0.25, 0.3) is 11.5 Å². The standard InChI is InChI=1S/C10H6FN3O/c1-6-13-10(15-14-6)7-2-3-9(11)8(4-7)5-12/h2-4H,1H3. The van der Waals surface area contributed by atoms with Gasteiger partial charge in [0.25, 0.3) is 5.89 Å². The van der Waals surface area contributed by atoms with Gasteiger partial charge in [-0.3, -0.25) is 0 Å². The van der Waals surface area contributed by atoms with E-state index in [2.05, 4.69) is 10.1 Å². The SMILES string of the molecule is Cc1noc(-c2ccc(F)c(C#N)c2)n1. The zero-order chi connectivity index (χ0) is 10.8. The first-order valence-electron chi connectivity index (χ1n) is 4.21. The summed E-state index contributed by atoms with van der Waals surface area (Å²) in [5.74, 6) is 0.217. The highest BCUT2D eigenvalue weighted by Crippen LogP contribution is 2.19. The number of benzene rings is 1. The molecule has 0 atom stereocenters. The van der Waals surface area contributed by atoms with Gasteiger partial charge in [-0.2, -0.15) is 10.2 Å². The summed E-state index contributed by atoms with van der Waals surface area (Å²) in [5, 5.41) is 12.2. The molecule has 1 heterocycles. The molecule has 0 spiro atoms. The van der Waals surface area contributed by atoms with Gasteiger partial charge in [-0.25, -0.2) is 4.39 Å². The lowest BCUT2D eigenvalue weighted by Gasteiger charge is -1.95. The van der Waals surface area contributed by atoms with E-state index in [1.54, 1.807) is 13.0 Å². The number of aromatic nitrogens is 2. The number of nitrogens with zero attached hydrogens (tertiary/aromatic N) is 3. The quantitative estimate of drug-likeness (QED) is 0.711. The van der Waals surface area contributed by atoms with Crippen molar-refractivity contribution in [2.45, 2.75) is 6.92 Å². The molecule has 4 nitrogen and oxygen atoms in total. The van der Waals surface area contributed by atoms with Crippen molar-refractivity contribution in [1.29, 1.82) is 5.26 Å². The van der Waals surface area contributed by atoms with Crippen LogP contribution in [0.5, 0.6) is 0 Å². The molecule has 0 fully saturated rings. The fraction of sp³-hybridized carbons (Fsp3) is 0.100. The smallest absolute Gasteiger partial charge is 0.257 e. The predicted molar refractivity (Wildman–Crippen MR) is 49.1 cm³/mol. The van der Waals surface area contributed by atoms with Crippen molar-refractivity contribution in [3.63, 3.8) is 0 Å². The average molecular weight is 203 g/mol. The van der Waals surface area contributed by atoms with Crippen LogP contribution in [0, 0.1) is 24.1 Å². The molecule has 0 unspecified atom stereocenters. The van der Waals surface area contributed by atoms with E-state index in [9.17, 15) is 4.39 Å². The lowest BCUT2D eigenvalue weighted by Crippen LogP contribution is -1.85. The Kier molecular flexibility index (Phi) is 2.18. The van der Waals surface area contributed by atoms with E-state index < -0.39 is 5.82 Å². The molecule has 1 aromatic heterocycles. The third kappa shape index (κ3) is 1.70. The van der Waals surface area contributed by atoms with E-state index >= 15 is 0 Å². The lowest BCUT2D eigenvalue weighted by molar-refractivity contribution is 0.425. The Morgan fingerprint density at radius 1 is 1.47 bits per heavy atom. The van der Waals surface area contributed by atoms with Gasteiger partial charge < -0.3 is 4.52 Å². The number of halogens is 1. The first-order chi connectivity index (χ1) is 7.20. The summed E-state index contributed by atoms with van der Waals surface area (Å²) in [5.41, 5.74) is 0.497. The van der Waals surface area contributed by atoms with Crippen LogP contribution in [0.15, 0.2) is 22.7 Å². The molecule has 2 rings (SSSR count). The van der Waals surface area contributed by atoms with Crippen molar-refractivity contribution < 1.29 is 8.91 Å². The number of aryl methyl sites for hydroxylation is 1. The van der Waals surface area contributed by atoms with Crippen LogP contribution < -0.4 is 0 Å². The monoisotopic (exact) mass is 203 g/mol. The Balaban J connectivity index is 2.51. The molecule has 0 saturated carbocycles. The molecule has 0 amide bonds. The molecule has 0 radical (unpaired) electrons. The van der Waals surface area contributed by atoms with Gasteiger partial charge in [-0.1, -0.05) is 5.16 Å². The maximum Gasteiger partial charge on any atom is 0.257 e. The largest absolute Gasteiger partial charge is 0.334 e. The fourth-order valence-corrected chi connectivity index (χ4v) is 1.16. The Bertz CT molecular complexity index is 542. The molecule has 15 heavy (non-hydrogen) atoms. The number of rotatable bonds is 1. The van der Waals surface area contributed by atoms with Crippen LogP contribution in [-0.4, -0.2) is 10.1 Å². The summed E-state index contributed by atoms with van der Waals surface area (Å²) in [6.45, 7) is 1.68. The minimum absolute atomic E-state index is 0.0386. The number of nitriles is 1. The molecule has 0 aliphatic heterocycles. The summed E-state index contributed by atoms with van der Waals surface area (Å²) in [7, 11) is 0. The van der Waals surface area contributed by atoms with Gasteiger partial charge >= 0.3 is 0 Å². The molecular weight excluding hydrogens is 197 g/mol. The molecule has 1 aromatic carbocycles. The van der Waals surface area contributed by atoms with Gasteiger partial charge in [-0.15, -0.1) is 0 Å². The highest BCUT2D eigenvalue weighted by atomic mass is 19.1. The summed E-state index contributed by atoms with van der Waals surface area (Å²) >= 11 is 0. The topological polar surface area (TPSA) is 62.7 Å². The van der Waals surface area contributed by atoms with E-state index in [1.807, 2.05) is 0 Å². The van der Waals surface area contributed by atoms with Gasteiger partial charge in [-0.05, 0) is 25.1 Å². The second-order valence-electron chi connectivity index (χ2n) is 2.95. The van der Waals surface area contributed by atoms with Gasteiger partial charge in [0.2, 0.25) is 0 Å². The van der Waals surface area contributed by atoms with E-state index in [1.165, 1.54) is 18.2 Å². The maximum atomic E-state index is 13.0. The van der Waals surface area contributed by atoms with Crippen LogP contribution in [0.1, 0.15) is 11.4 Å². The van der Waals surface area contributed by atoms with E-state index in [0.717, 1.165) is 0 Å². The molecule has 0 N–H and O–H groups in total. The zero-order valence-electron chi connectivity index (χ0n) is 7.86. The molecular formula is C10H6FN3O. The predicted octanol–water partition coefficient (Wildman–Crippen LogP) is 2.06. The highest BCUT2D eigenvalue weighted by Gasteiger charge is 2.09. The van der Waals surface area contributed by atoms with Crippen molar-refractivity contribution in [2.24, 2.45) is 0 Å². The molecule has 0 aliphatic rings. The van der Waals surface area contributed by atoms with Crippen LogP contribution >= 0.6 is 0 Å². The lowest BCUT2D eigenvalue weighted by atomic mass is 10.1. The maximum absolute atomic E-state index is 13.0. The molecule has 5 heteroatoms. The van der Waals surface area contributed by atoms with Crippen LogP contribution in [-0.2, 0) is 0 Å². The van der Waals surface area contributed by atoms with E-state index in [4.69, 9.17) is 9.78 Å². The first kappa shape index (κ1) is 9.34. The molecule has 2 aromatic rings. The summed E-state index contributed by atoms with van der Waals surface area (Å²) in [6.07, 6.45) is 0. The van der Waals surface area contributed by atoms with Crippen molar-refractivity contribution in [3.8, 4) is 17.5 Å². The van der Waals surface area contributed by atoms with Crippen LogP contribution in [0.4, 0.5) is 4.39 Å². The Labute approximate surface area is 85.0 Å². The number of hydrogen-bond donors (Lipinski definition) is 0. The summed E-state index contributed by atoms with van der Waals surface area (Å²) in [4.78, 5) is 3.98. The van der Waals surface area contributed by atoms with Crippen LogP contribution in [0.2, 0.25) is 0 Å². The van der Waals surface area contributed by atoms with E-state index in [0.29, 0.717) is 11.4 Å². The average Bonchev–Trinajstić information content (AvgIpc) is 2.66. The second-order valence-corrected chi connectivity index (χ2v) is 2.95. The Morgan fingerprint density at radius 3 is 2.87 bits per heavy atom. The van der Waals surface area contributed by atoms with Gasteiger partial charge in [0, 0.05) is 5.56 Å².